The molecule has 0 aromatic rings. The van der Waals surface area contributed by atoms with Crippen LogP contribution in [0.5, 0.6) is 0 Å². The Morgan fingerprint density at radius 2 is 1.94 bits per heavy atom. The smallest absolute Gasteiger partial charge is 0.305 e. The van der Waals surface area contributed by atoms with Crippen molar-refractivity contribution in [1.82, 2.24) is 5.32 Å². The SMILES string of the molecule is COC(=O)C[C@H](C)CNC(=O)CCC(=O)O. The molecule has 0 spiro atoms. The Morgan fingerprint density at radius 1 is 1.31 bits per heavy atom. The number of nitrogens with one attached hydrogen (secondary N) is 1. The van der Waals surface area contributed by atoms with Crippen molar-refractivity contribution < 1.29 is 24.2 Å². The van der Waals surface area contributed by atoms with Gasteiger partial charge in [-0.25, -0.2) is 0 Å². The molecule has 0 aromatic heterocycles. The number of ether oxygens (including phenoxy) is 1. The number of hydrogen-bond donors (Lipinski definition) is 2. The van der Waals surface area contributed by atoms with Crippen molar-refractivity contribution in [1.29, 1.82) is 0 Å². The zero-order chi connectivity index (χ0) is 12.6. The van der Waals surface area contributed by atoms with E-state index >= 15 is 0 Å². The lowest BCUT2D eigenvalue weighted by Gasteiger charge is -2.10. The fourth-order valence-electron chi connectivity index (χ4n) is 1.04. The van der Waals surface area contributed by atoms with E-state index in [1.54, 1.807) is 6.92 Å². The normalized spacial score (nSPS) is 11.6. The first kappa shape index (κ1) is 14.4. The van der Waals surface area contributed by atoms with Crippen molar-refractivity contribution in [2.75, 3.05) is 13.7 Å². The molecule has 0 rings (SSSR count). The third kappa shape index (κ3) is 7.78. The summed E-state index contributed by atoms with van der Waals surface area (Å²) in [6.07, 6.45) is 0.00715. The van der Waals surface area contributed by atoms with Crippen molar-refractivity contribution in [2.45, 2.75) is 26.2 Å². The standard InChI is InChI=1S/C10H17NO5/c1-7(5-10(15)16-2)6-11-8(12)3-4-9(13)14/h7H,3-6H2,1-2H3,(H,11,12)(H,13,14)/t7-/m0/s1. The second-order valence-electron chi connectivity index (χ2n) is 3.58. The maximum Gasteiger partial charge on any atom is 0.305 e. The van der Waals surface area contributed by atoms with E-state index in [9.17, 15) is 14.4 Å². The van der Waals surface area contributed by atoms with E-state index < -0.39 is 5.97 Å². The van der Waals surface area contributed by atoms with E-state index in [-0.39, 0.29) is 37.1 Å². The topological polar surface area (TPSA) is 92.7 Å². The molecule has 0 heterocycles. The Hall–Kier alpha value is -1.59. The van der Waals surface area contributed by atoms with E-state index in [1.807, 2.05) is 0 Å². The van der Waals surface area contributed by atoms with Gasteiger partial charge in [0.1, 0.15) is 0 Å². The number of aliphatic carboxylic acids is 1. The summed E-state index contributed by atoms with van der Waals surface area (Å²) in [7, 11) is 1.31. The molecule has 0 fully saturated rings. The van der Waals surface area contributed by atoms with Crippen LogP contribution in [0.15, 0.2) is 0 Å². The molecule has 0 saturated heterocycles. The van der Waals surface area contributed by atoms with Crippen LogP contribution in [-0.2, 0) is 19.1 Å². The average molecular weight is 231 g/mol. The van der Waals surface area contributed by atoms with Crippen molar-refractivity contribution in [3.63, 3.8) is 0 Å². The van der Waals surface area contributed by atoms with E-state index in [4.69, 9.17) is 5.11 Å². The summed E-state index contributed by atoms with van der Waals surface area (Å²) >= 11 is 0. The van der Waals surface area contributed by atoms with E-state index in [0.717, 1.165) is 0 Å². The third-order valence-electron chi connectivity index (χ3n) is 1.96. The fraction of sp³-hybridized carbons (Fsp3) is 0.700. The van der Waals surface area contributed by atoms with Crippen LogP contribution in [0.4, 0.5) is 0 Å². The van der Waals surface area contributed by atoms with Crippen LogP contribution in [0.2, 0.25) is 0 Å². The van der Waals surface area contributed by atoms with Gasteiger partial charge in [0.2, 0.25) is 5.91 Å². The fourth-order valence-corrected chi connectivity index (χ4v) is 1.04. The molecule has 1 amide bonds. The molecular formula is C10H17NO5. The number of hydrogen-bond acceptors (Lipinski definition) is 4. The first-order chi connectivity index (χ1) is 7.45. The number of methoxy groups -OCH3 is 1. The van der Waals surface area contributed by atoms with Crippen LogP contribution in [-0.4, -0.2) is 36.6 Å². The second kappa shape index (κ2) is 7.67. The van der Waals surface area contributed by atoms with Crippen LogP contribution in [0, 0.1) is 5.92 Å². The molecule has 1 atom stereocenters. The lowest BCUT2D eigenvalue weighted by atomic mass is 10.1. The second-order valence-corrected chi connectivity index (χ2v) is 3.58. The molecule has 0 aromatic carbocycles. The lowest BCUT2D eigenvalue weighted by molar-refractivity contribution is -0.141. The molecule has 6 nitrogen and oxygen atoms in total. The van der Waals surface area contributed by atoms with Gasteiger partial charge in [0.15, 0.2) is 0 Å². The summed E-state index contributed by atoms with van der Waals surface area (Å²) in [5.74, 6) is -1.68. The Balaban J connectivity index is 3.66. The zero-order valence-corrected chi connectivity index (χ0v) is 9.49. The van der Waals surface area contributed by atoms with Gasteiger partial charge in [-0.2, -0.15) is 0 Å². The quantitative estimate of drug-likeness (QED) is 0.609. The van der Waals surface area contributed by atoms with Gasteiger partial charge in [0, 0.05) is 19.4 Å². The van der Waals surface area contributed by atoms with Crippen molar-refractivity contribution in [3.8, 4) is 0 Å². The minimum Gasteiger partial charge on any atom is -0.481 e. The van der Waals surface area contributed by atoms with E-state index in [0.29, 0.717) is 6.54 Å². The first-order valence-electron chi connectivity index (χ1n) is 5.01. The molecule has 0 radical (unpaired) electrons. The highest BCUT2D eigenvalue weighted by atomic mass is 16.5. The highest BCUT2D eigenvalue weighted by Crippen LogP contribution is 2.01. The van der Waals surface area contributed by atoms with Crippen molar-refractivity contribution >= 4 is 17.8 Å². The van der Waals surface area contributed by atoms with Gasteiger partial charge in [-0.1, -0.05) is 6.92 Å². The summed E-state index contributed by atoms with van der Waals surface area (Å²) in [6.45, 7) is 2.14. The Kier molecular flexibility index (Phi) is 6.91. The summed E-state index contributed by atoms with van der Waals surface area (Å²) in [4.78, 5) is 32.2. The van der Waals surface area contributed by atoms with Crippen LogP contribution in [0.1, 0.15) is 26.2 Å². The minimum absolute atomic E-state index is 0.0266. The summed E-state index contributed by atoms with van der Waals surface area (Å²) in [5.41, 5.74) is 0. The van der Waals surface area contributed by atoms with Gasteiger partial charge in [0.05, 0.1) is 13.5 Å². The lowest BCUT2D eigenvalue weighted by Crippen LogP contribution is -2.29. The number of esters is 1. The monoisotopic (exact) mass is 231 g/mol. The van der Waals surface area contributed by atoms with Crippen LogP contribution in [0.3, 0.4) is 0 Å². The summed E-state index contributed by atoms with van der Waals surface area (Å²) < 4.78 is 4.48. The molecule has 92 valence electrons. The zero-order valence-electron chi connectivity index (χ0n) is 9.49. The molecule has 2 N–H and O–H groups in total. The molecular weight excluding hydrogens is 214 g/mol. The number of carboxylic acid groups (broad SMARTS) is 1. The number of carbonyl (C=O) groups is 3. The van der Waals surface area contributed by atoms with Gasteiger partial charge in [-0.3, -0.25) is 14.4 Å². The van der Waals surface area contributed by atoms with Gasteiger partial charge in [-0.15, -0.1) is 0 Å². The molecule has 0 saturated carbocycles. The highest BCUT2D eigenvalue weighted by Gasteiger charge is 2.11. The van der Waals surface area contributed by atoms with Crippen LogP contribution < -0.4 is 5.32 Å². The Labute approximate surface area is 94.0 Å². The number of amides is 1. The Bertz CT molecular complexity index is 264. The molecule has 0 aliphatic heterocycles. The predicted octanol–water partition coefficient (Wildman–Crippen LogP) is 0.167. The predicted molar refractivity (Wildman–Crippen MR) is 55.7 cm³/mol. The molecule has 0 aliphatic rings. The van der Waals surface area contributed by atoms with E-state index in [1.165, 1.54) is 7.11 Å². The number of carbonyl (C=O) groups excluding carboxylic acids is 2. The van der Waals surface area contributed by atoms with Gasteiger partial charge in [0.25, 0.3) is 0 Å². The summed E-state index contributed by atoms with van der Waals surface area (Å²) in [6, 6.07) is 0. The van der Waals surface area contributed by atoms with Crippen molar-refractivity contribution in [2.24, 2.45) is 5.92 Å². The summed E-state index contributed by atoms with van der Waals surface area (Å²) in [5, 5.41) is 10.9. The van der Waals surface area contributed by atoms with Crippen molar-refractivity contribution in [3.05, 3.63) is 0 Å². The largest absolute Gasteiger partial charge is 0.481 e. The van der Waals surface area contributed by atoms with Gasteiger partial charge < -0.3 is 15.2 Å². The van der Waals surface area contributed by atoms with Crippen LogP contribution >= 0.6 is 0 Å². The maximum absolute atomic E-state index is 11.1. The number of carboxylic acids is 1. The molecule has 0 bridgehead atoms. The van der Waals surface area contributed by atoms with Gasteiger partial charge >= 0.3 is 11.9 Å². The molecule has 0 unspecified atom stereocenters. The molecule has 16 heavy (non-hydrogen) atoms. The average Bonchev–Trinajstić information content (AvgIpc) is 2.23. The Morgan fingerprint density at radius 3 is 2.44 bits per heavy atom. The molecule has 0 aliphatic carbocycles. The third-order valence-corrected chi connectivity index (χ3v) is 1.96. The van der Waals surface area contributed by atoms with E-state index in [2.05, 4.69) is 10.1 Å². The first-order valence-corrected chi connectivity index (χ1v) is 5.01. The minimum atomic E-state index is -1.00. The molecule has 6 heteroatoms. The highest BCUT2D eigenvalue weighted by molar-refractivity contribution is 5.80. The van der Waals surface area contributed by atoms with Gasteiger partial charge in [-0.05, 0) is 5.92 Å². The maximum atomic E-state index is 11.1. The van der Waals surface area contributed by atoms with Crippen LogP contribution in [0.25, 0.3) is 0 Å². The number of rotatable bonds is 7.